The molecule has 2 heterocycles. The summed E-state index contributed by atoms with van der Waals surface area (Å²) in [4.78, 5) is 8.15. The van der Waals surface area contributed by atoms with Gasteiger partial charge >= 0.3 is 0 Å². The van der Waals surface area contributed by atoms with Gasteiger partial charge in [0.25, 0.3) is 0 Å². The highest BCUT2D eigenvalue weighted by molar-refractivity contribution is 8.03. The van der Waals surface area contributed by atoms with E-state index in [1.807, 2.05) is 0 Å². The third-order valence-electron chi connectivity index (χ3n) is 1.80. The second-order valence-corrected chi connectivity index (χ2v) is 7.37. The predicted molar refractivity (Wildman–Crippen MR) is 76.0 cm³/mol. The topological polar surface area (TPSA) is 77.6 Å². The molecule has 0 amide bonds. The van der Waals surface area contributed by atoms with Crippen molar-refractivity contribution in [3.63, 3.8) is 0 Å². The number of rotatable bonds is 5. The Morgan fingerprint density at radius 3 is 2.67 bits per heavy atom. The molecule has 8 heteroatoms. The third kappa shape index (κ3) is 3.82. The van der Waals surface area contributed by atoms with Crippen LogP contribution >= 0.6 is 34.9 Å². The lowest BCUT2D eigenvalue weighted by atomic mass is 10.3. The number of thioether (sulfide) groups is 1. The molecule has 2 N–H and O–H groups in total. The first-order valence-corrected chi connectivity index (χ1v) is 7.97. The standard InChI is InChI=1S/C10H13N5S3/c1-6(2)5-16-9-14-15-10(18-9)17-8-7(11)12-3-4-13-8/h3-4,6H,5H2,1-2H3,(H2,11,12). The Kier molecular flexibility index (Phi) is 4.79. The van der Waals surface area contributed by atoms with E-state index in [1.54, 1.807) is 35.5 Å². The van der Waals surface area contributed by atoms with Gasteiger partial charge in [-0.15, -0.1) is 10.2 Å². The van der Waals surface area contributed by atoms with Crippen molar-refractivity contribution in [2.75, 3.05) is 11.5 Å². The molecule has 0 aliphatic rings. The molecule has 0 saturated heterocycles. The van der Waals surface area contributed by atoms with E-state index in [2.05, 4.69) is 34.0 Å². The van der Waals surface area contributed by atoms with Crippen LogP contribution in [0.3, 0.4) is 0 Å². The van der Waals surface area contributed by atoms with Gasteiger partial charge in [0.15, 0.2) is 14.5 Å². The number of hydrogen-bond acceptors (Lipinski definition) is 8. The summed E-state index contributed by atoms with van der Waals surface area (Å²) in [6.45, 7) is 4.37. The van der Waals surface area contributed by atoms with E-state index in [1.165, 1.54) is 11.8 Å². The van der Waals surface area contributed by atoms with Crippen LogP contribution in [0.25, 0.3) is 0 Å². The smallest absolute Gasteiger partial charge is 0.181 e. The van der Waals surface area contributed by atoms with Gasteiger partial charge in [-0.25, -0.2) is 9.97 Å². The van der Waals surface area contributed by atoms with Crippen LogP contribution in [0, 0.1) is 5.92 Å². The number of nitrogens with zero attached hydrogens (tertiary/aromatic N) is 4. The van der Waals surface area contributed by atoms with E-state index >= 15 is 0 Å². The average molecular weight is 299 g/mol. The number of nitrogen functional groups attached to an aromatic ring is 1. The SMILES string of the molecule is CC(C)CSc1nnc(Sc2nccnc2N)s1. The molecule has 18 heavy (non-hydrogen) atoms. The second kappa shape index (κ2) is 6.35. The first-order chi connectivity index (χ1) is 8.65. The van der Waals surface area contributed by atoms with Gasteiger partial charge in [0.05, 0.1) is 0 Å². The molecule has 2 aromatic heterocycles. The van der Waals surface area contributed by atoms with Crippen molar-refractivity contribution in [1.29, 1.82) is 0 Å². The monoisotopic (exact) mass is 299 g/mol. The van der Waals surface area contributed by atoms with E-state index in [4.69, 9.17) is 5.73 Å². The highest BCUT2D eigenvalue weighted by Crippen LogP contribution is 2.34. The first kappa shape index (κ1) is 13.6. The molecule has 0 bridgehead atoms. The number of hydrogen-bond donors (Lipinski definition) is 1. The first-order valence-electron chi connectivity index (χ1n) is 5.36. The molecule has 0 aliphatic carbocycles. The normalized spacial score (nSPS) is 11.1. The Morgan fingerprint density at radius 1 is 1.22 bits per heavy atom. The fourth-order valence-electron chi connectivity index (χ4n) is 1.03. The Bertz CT molecular complexity index is 514. The van der Waals surface area contributed by atoms with Gasteiger partial charge in [-0.1, -0.05) is 36.9 Å². The summed E-state index contributed by atoms with van der Waals surface area (Å²) >= 11 is 4.69. The van der Waals surface area contributed by atoms with E-state index < -0.39 is 0 Å². The van der Waals surface area contributed by atoms with Crippen LogP contribution in [0.15, 0.2) is 26.1 Å². The summed E-state index contributed by atoms with van der Waals surface area (Å²) < 4.78 is 1.82. The molecule has 0 aliphatic heterocycles. The van der Waals surface area contributed by atoms with Crippen LogP contribution in [0.1, 0.15) is 13.8 Å². The molecule has 2 aromatic rings. The molecule has 5 nitrogen and oxygen atoms in total. The maximum Gasteiger partial charge on any atom is 0.181 e. The zero-order valence-electron chi connectivity index (χ0n) is 10.0. The van der Waals surface area contributed by atoms with Gasteiger partial charge in [-0.05, 0) is 17.7 Å². The van der Waals surface area contributed by atoms with Crippen molar-refractivity contribution in [3.8, 4) is 0 Å². The van der Waals surface area contributed by atoms with Crippen molar-refractivity contribution in [3.05, 3.63) is 12.4 Å². The van der Waals surface area contributed by atoms with Crippen molar-refractivity contribution in [2.24, 2.45) is 5.92 Å². The van der Waals surface area contributed by atoms with Crippen LogP contribution in [-0.2, 0) is 0 Å². The van der Waals surface area contributed by atoms with Crippen LogP contribution < -0.4 is 5.73 Å². The Balaban J connectivity index is 2.00. The largest absolute Gasteiger partial charge is 0.381 e. The Hall–Kier alpha value is -0.860. The zero-order valence-corrected chi connectivity index (χ0v) is 12.5. The van der Waals surface area contributed by atoms with Gasteiger partial charge in [0.1, 0.15) is 5.03 Å². The van der Waals surface area contributed by atoms with Crippen LogP contribution in [0.4, 0.5) is 5.82 Å². The van der Waals surface area contributed by atoms with Crippen LogP contribution in [0.5, 0.6) is 0 Å². The number of nitrogens with two attached hydrogens (primary N) is 1. The Labute approximate surface area is 118 Å². The lowest BCUT2D eigenvalue weighted by Crippen LogP contribution is -1.94. The second-order valence-electron chi connectivity index (χ2n) is 3.89. The highest BCUT2D eigenvalue weighted by Gasteiger charge is 2.10. The summed E-state index contributed by atoms with van der Waals surface area (Å²) in [7, 11) is 0. The molecule has 96 valence electrons. The molecule has 0 unspecified atom stereocenters. The van der Waals surface area contributed by atoms with E-state index in [0.717, 1.165) is 14.4 Å². The van der Waals surface area contributed by atoms with Crippen molar-refractivity contribution < 1.29 is 0 Å². The third-order valence-corrected chi connectivity index (χ3v) is 5.35. The Morgan fingerprint density at radius 2 is 1.94 bits per heavy atom. The summed E-state index contributed by atoms with van der Waals surface area (Å²) in [5.74, 6) is 2.12. The molecule has 0 fully saturated rings. The minimum absolute atomic E-state index is 0.425. The summed E-state index contributed by atoms with van der Waals surface area (Å²) in [5, 5.41) is 8.93. The fourth-order valence-corrected chi connectivity index (χ4v) is 3.91. The molecule has 0 spiro atoms. The lowest BCUT2D eigenvalue weighted by Gasteiger charge is -1.99. The fraction of sp³-hybridized carbons (Fsp3) is 0.400. The van der Waals surface area contributed by atoms with E-state index in [0.29, 0.717) is 16.8 Å². The minimum Gasteiger partial charge on any atom is -0.381 e. The maximum atomic E-state index is 5.73. The van der Waals surface area contributed by atoms with E-state index in [9.17, 15) is 0 Å². The molecule has 0 saturated carbocycles. The van der Waals surface area contributed by atoms with Gasteiger partial charge in [0.2, 0.25) is 0 Å². The van der Waals surface area contributed by atoms with Crippen LogP contribution in [0.2, 0.25) is 0 Å². The quantitative estimate of drug-likeness (QED) is 0.850. The molecular weight excluding hydrogens is 286 g/mol. The summed E-state index contributed by atoms with van der Waals surface area (Å²) in [6, 6.07) is 0. The maximum absolute atomic E-state index is 5.73. The number of anilines is 1. The van der Waals surface area contributed by atoms with Gasteiger partial charge < -0.3 is 5.73 Å². The molecular formula is C10H13N5S3. The summed E-state index contributed by atoms with van der Waals surface area (Å²) in [6.07, 6.45) is 3.19. The molecule has 0 atom stereocenters. The van der Waals surface area contributed by atoms with Gasteiger partial charge in [0, 0.05) is 18.1 Å². The van der Waals surface area contributed by atoms with Crippen molar-refractivity contribution >= 4 is 40.7 Å². The molecule has 0 radical (unpaired) electrons. The van der Waals surface area contributed by atoms with Crippen molar-refractivity contribution in [2.45, 2.75) is 27.6 Å². The average Bonchev–Trinajstić information content (AvgIpc) is 2.77. The highest BCUT2D eigenvalue weighted by atomic mass is 32.2. The predicted octanol–water partition coefficient (Wildman–Crippen LogP) is 2.81. The molecule has 2 rings (SSSR count). The van der Waals surface area contributed by atoms with Gasteiger partial charge in [-0.3, -0.25) is 0 Å². The van der Waals surface area contributed by atoms with Gasteiger partial charge in [-0.2, -0.15) is 0 Å². The zero-order chi connectivity index (χ0) is 13.0. The summed E-state index contributed by atoms with van der Waals surface area (Å²) in [5.41, 5.74) is 5.73. The van der Waals surface area contributed by atoms with Crippen LogP contribution in [-0.4, -0.2) is 25.9 Å². The molecule has 0 aromatic carbocycles. The number of aromatic nitrogens is 4. The van der Waals surface area contributed by atoms with Crippen molar-refractivity contribution in [1.82, 2.24) is 20.2 Å². The van der Waals surface area contributed by atoms with E-state index in [-0.39, 0.29) is 0 Å². The lowest BCUT2D eigenvalue weighted by molar-refractivity contribution is 0.749. The minimum atomic E-state index is 0.425.